The number of halogens is 1. The van der Waals surface area contributed by atoms with E-state index in [2.05, 4.69) is 15.5 Å². The SMILES string of the molecule is Cc1noc(C2CCCN(C(=O)CNCC3CC3)C2)n1.Cl. The number of piperidine rings is 1. The molecule has 2 aliphatic rings. The van der Waals surface area contributed by atoms with Gasteiger partial charge in [0, 0.05) is 13.1 Å². The van der Waals surface area contributed by atoms with Crippen molar-refractivity contribution in [3.8, 4) is 0 Å². The standard InChI is InChI=1S/C14H22N4O2.ClH/c1-10-16-14(20-17-10)12-3-2-6-18(9-12)13(19)8-15-7-11-4-5-11;/h11-12,15H,2-9H2,1H3;1H. The van der Waals surface area contributed by atoms with E-state index in [-0.39, 0.29) is 24.2 Å². The van der Waals surface area contributed by atoms with E-state index >= 15 is 0 Å². The van der Waals surface area contributed by atoms with E-state index in [0.717, 1.165) is 31.8 Å². The number of aryl methyl sites for hydroxylation is 1. The molecule has 3 rings (SSSR count). The molecule has 2 heterocycles. The lowest BCUT2D eigenvalue weighted by Gasteiger charge is -2.31. The van der Waals surface area contributed by atoms with Gasteiger partial charge in [-0.2, -0.15) is 4.98 Å². The van der Waals surface area contributed by atoms with Crippen LogP contribution in [-0.2, 0) is 4.79 Å². The van der Waals surface area contributed by atoms with Gasteiger partial charge in [-0.3, -0.25) is 4.79 Å². The third kappa shape index (κ3) is 4.41. The summed E-state index contributed by atoms with van der Waals surface area (Å²) in [5.41, 5.74) is 0. The van der Waals surface area contributed by atoms with Crippen LogP contribution in [-0.4, -0.2) is 47.1 Å². The van der Waals surface area contributed by atoms with Crippen molar-refractivity contribution >= 4 is 18.3 Å². The Morgan fingerprint density at radius 2 is 2.24 bits per heavy atom. The monoisotopic (exact) mass is 314 g/mol. The molecule has 1 unspecified atom stereocenters. The van der Waals surface area contributed by atoms with Crippen molar-refractivity contribution in [2.75, 3.05) is 26.2 Å². The average molecular weight is 315 g/mol. The zero-order chi connectivity index (χ0) is 13.9. The molecule has 0 aromatic carbocycles. The molecule has 6 nitrogen and oxygen atoms in total. The van der Waals surface area contributed by atoms with Crippen molar-refractivity contribution in [3.05, 3.63) is 11.7 Å². The average Bonchev–Trinajstić information content (AvgIpc) is 3.18. The molecule has 1 atom stereocenters. The zero-order valence-electron chi connectivity index (χ0n) is 12.4. The minimum atomic E-state index is 0. The minimum absolute atomic E-state index is 0. The highest BCUT2D eigenvalue weighted by molar-refractivity contribution is 5.85. The van der Waals surface area contributed by atoms with Crippen LogP contribution in [0.25, 0.3) is 0 Å². The number of likely N-dealkylation sites (tertiary alicyclic amines) is 1. The Morgan fingerprint density at radius 3 is 2.90 bits per heavy atom. The first-order valence-corrected chi connectivity index (χ1v) is 7.51. The second kappa shape index (κ2) is 7.22. The molecule has 1 aliphatic heterocycles. The van der Waals surface area contributed by atoms with E-state index in [1.807, 2.05) is 11.8 Å². The molecular weight excluding hydrogens is 292 g/mol. The molecule has 0 spiro atoms. The maximum atomic E-state index is 12.2. The molecule has 1 saturated carbocycles. The number of nitrogens with zero attached hydrogens (tertiary/aromatic N) is 3. The van der Waals surface area contributed by atoms with Crippen LogP contribution < -0.4 is 5.32 Å². The predicted molar refractivity (Wildman–Crippen MR) is 80.4 cm³/mol. The molecule has 1 saturated heterocycles. The van der Waals surface area contributed by atoms with Crippen LogP contribution >= 0.6 is 12.4 Å². The lowest BCUT2D eigenvalue weighted by atomic mass is 9.98. The second-order valence-electron chi connectivity index (χ2n) is 5.93. The van der Waals surface area contributed by atoms with Crippen molar-refractivity contribution < 1.29 is 9.32 Å². The summed E-state index contributed by atoms with van der Waals surface area (Å²) in [5.74, 6) is 2.52. The van der Waals surface area contributed by atoms with Gasteiger partial charge in [0.25, 0.3) is 0 Å². The normalized spacial score (nSPS) is 22.0. The van der Waals surface area contributed by atoms with E-state index in [1.165, 1.54) is 12.8 Å². The number of hydrogen-bond acceptors (Lipinski definition) is 5. The first kappa shape index (κ1) is 16.2. The van der Waals surface area contributed by atoms with E-state index in [9.17, 15) is 4.79 Å². The summed E-state index contributed by atoms with van der Waals surface area (Å²) in [6.45, 7) is 4.79. The molecule has 0 radical (unpaired) electrons. The Labute approximate surface area is 131 Å². The summed E-state index contributed by atoms with van der Waals surface area (Å²) in [6, 6.07) is 0. The lowest BCUT2D eigenvalue weighted by Crippen LogP contribution is -2.43. The highest BCUT2D eigenvalue weighted by Crippen LogP contribution is 2.28. The smallest absolute Gasteiger partial charge is 0.236 e. The first-order chi connectivity index (χ1) is 9.72. The fraction of sp³-hybridized carbons (Fsp3) is 0.786. The number of carbonyl (C=O) groups excluding carboxylic acids is 1. The van der Waals surface area contributed by atoms with E-state index in [4.69, 9.17) is 4.52 Å². The van der Waals surface area contributed by atoms with Crippen molar-refractivity contribution in [3.63, 3.8) is 0 Å². The Morgan fingerprint density at radius 1 is 1.43 bits per heavy atom. The fourth-order valence-corrected chi connectivity index (χ4v) is 2.70. The van der Waals surface area contributed by atoms with Gasteiger partial charge in [0.2, 0.25) is 11.8 Å². The molecule has 2 fully saturated rings. The summed E-state index contributed by atoms with van der Waals surface area (Å²) < 4.78 is 5.24. The maximum absolute atomic E-state index is 12.2. The number of rotatable bonds is 5. The minimum Gasteiger partial charge on any atom is -0.341 e. The molecular formula is C14H23ClN4O2. The number of carbonyl (C=O) groups is 1. The number of amides is 1. The Bertz CT molecular complexity index is 475. The Kier molecular flexibility index (Phi) is 5.58. The van der Waals surface area contributed by atoms with Crippen LogP contribution in [0.5, 0.6) is 0 Å². The van der Waals surface area contributed by atoms with Gasteiger partial charge in [0.15, 0.2) is 5.82 Å². The number of aromatic nitrogens is 2. The predicted octanol–water partition coefficient (Wildman–Crippen LogP) is 1.51. The summed E-state index contributed by atoms with van der Waals surface area (Å²) >= 11 is 0. The first-order valence-electron chi connectivity index (χ1n) is 7.51. The van der Waals surface area contributed by atoms with Crippen LogP contribution in [0.3, 0.4) is 0 Å². The van der Waals surface area contributed by atoms with Crippen molar-refractivity contribution in [2.45, 2.75) is 38.5 Å². The highest BCUT2D eigenvalue weighted by Gasteiger charge is 2.28. The fourth-order valence-electron chi connectivity index (χ4n) is 2.70. The molecule has 1 aliphatic carbocycles. The van der Waals surface area contributed by atoms with Gasteiger partial charge in [-0.25, -0.2) is 0 Å². The molecule has 1 aromatic rings. The van der Waals surface area contributed by atoms with Gasteiger partial charge in [0.05, 0.1) is 12.5 Å². The van der Waals surface area contributed by atoms with Gasteiger partial charge in [0.1, 0.15) is 0 Å². The zero-order valence-corrected chi connectivity index (χ0v) is 13.2. The van der Waals surface area contributed by atoms with E-state index in [1.54, 1.807) is 0 Å². The van der Waals surface area contributed by atoms with Gasteiger partial charge >= 0.3 is 0 Å². The Hall–Kier alpha value is -1.14. The van der Waals surface area contributed by atoms with Gasteiger partial charge in [-0.1, -0.05) is 5.16 Å². The van der Waals surface area contributed by atoms with Gasteiger partial charge in [-0.05, 0) is 45.1 Å². The molecule has 1 amide bonds. The lowest BCUT2D eigenvalue weighted by molar-refractivity contribution is -0.131. The molecule has 21 heavy (non-hydrogen) atoms. The van der Waals surface area contributed by atoms with Crippen molar-refractivity contribution in [1.29, 1.82) is 0 Å². The van der Waals surface area contributed by atoms with E-state index in [0.29, 0.717) is 24.8 Å². The molecule has 1 N–H and O–H groups in total. The van der Waals surface area contributed by atoms with Gasteiger partial charge in [-0.15, -0.1) is 12.4 Å². The molecule has 7 heteroatoms. The number of nitrogens with one attached hydrogen (secondary N) is 1. The molecule has 1 aromatic heterocycles. The van der Waals surface area contributed by atoms with E-state index < -0.39 is 0 Å². The molecule has 118 valence electrons. The van der Waals surface area contributed by atoms with Crippen LogP contribution in [0.15, 0.2) is 4.52 Å². The summed E-state index contributed by atoms with van der Waals surface area (Å²) in [5, 5.41) is 7.10. The van der Waals surface area contributed by atoms with Crippen molar-refractivity contribution in [1.82, 2.24) is 20.4 Å². The largest absolute Gasteiger partial charge is 0.341 e. The van der Waals surface area contributed by atoms with Crippen LogP contribution in [0.4, 0.5) is 0 Å². The summed E-state index contributed by atoms with van der Waals surface area (Å²) in [6.07, 6.45) is 4.63. The molecule has 0 bridgehead atoms. The second-order valence-corrected chi connectivity index (χ2v) is 5.93. The highest BCUT2D eigenvalue weighted by atomic mass is 35.5. The summed E-state index contributed by atoms with van der Waals surface area (Å²) in [4.78, 5) is 18.4. The quantitative estimate of drug-likeness (QED) is 0.892. The van der Waals surface area contributed by atoms with Crippen molar-refractivity contribution in [2.24, 2.45) is 5.92 Å². The van der Waals surface area contributed by atoms with Gasteiger partial charge < -0.3 is 14.7 Å². The summed E-state index contributed by atoms with van der Waals surface area (Å²) in [7, 11) is 0. The van der Waals surface area contributed by atoms with Crippen LogP contribution in [0.1, 0.15) is 43.3 Å². The Balaban J connectivity index is 0.00000161. The van der Waals surface area contributed by atoms with Crippen LogP contribution in [0, 0.1) is 12.8 Å². The van der Waals surface area contributed by atoms with Crippen LogP contribution in [0.2, 0.25) is 0 Å². The third-order valence-electron chi connectivity index (χ3n) is 4.07. The maximum Gasteiger partial charge on any atom is 0.236 e. The third-order valence-corrected chi connectivity index (χ3v) is 4.07. The number of hydrogen-bond donors (Lipinski definition) is 1. The topological polar surface area (TPSA) is 71.3 Å².